The van der Waals surface area contributed by atoms with Crippen molar-refractivity contribution in [1.82, 2.24) is 4.98 Å². The van der Waals surface area contributed by atoms with E-state index in [1.807, 2.05) is 37.3 Å². The van der Waals surface area contributed by atoms with Crippen molar-refractivity contribution in [2.45, 2.75) is 13.0 Å². The van der Waals surface area contributed by atoms with E-state index in [1.165, 1.54) is 0 Å². The molecule has 1 unspecified atom stereocenters. The van der Waals surface area contributed by atoms with Gasteiger partial charge in [-0.1, -0.05) is 24.3 Å². The maximum Gasteiger partial charge on any atom is 0.0964 e. The molecule has 0 radical (unpaired) electrons. The van der Waals surface area contributed by atoms with Crippen LogP contribution in [0.15, 0.2) is 47.2 Å². The van der Waals surface area contributed by atoms with E-state index in [4.69, 9.17) is 0 Å². The van der Waals surface area contributed by atoms with E-state index in [-0.39, 0.29) is 0 Å². The Bertz CT molecular complexity index is 531. The summed E-state index contributed by atoms with van der Waals surface area (Å²) in [6.45, 7) is 2.46. The number of anilines is 1. The van der Waals surface area contributed by atoms with Crippen LogP contribution in [0.5, 0.6) is 0 Å². The Kier molecular flexibility index (Phi) is 4.33. The van der Waals surface area contributed by atoms with Crippen molar-refractivity contribution in [1.29, 1.82) is 0 Å². The number of aliphatic hydroxyl groups is 1. The number of nitrogens with one attached hydrogen (secondary N) is 1. The minimum atomic E-state index is -0.523. The summed E-state index contributed by atoms with van der Waals surface area (Å²) in [4.78, 5) is 4.06. The average molecular weight is 307 g/mol. The third-order valence-corrected chi connectivity index (χ3v) is 3.19. The van der Waals surface area contributed by atoms with Crippen molar-refractivity contribution in [2.24, 2.45) is 0 Å². The number of hydrogen-bond donors (Lipinski definition) is 2. The van der Waals surface area contributed by atoms with Gasteiger partial charge in [-0.25, -0.2) is 0 Å². The van der Waals surface area contributed by atoms with Crippen LogP contribution in [0.3, 0.4) is 0 Å². The molecular weight excluding hydrogens is 292 g/mol. The molecular formula is C14H15BrN2O. The second-order valence-corrected chi connectivity index (χ2v) is 5.06. The lowest BCUT2D eigenvalue weighted by molar-refractivity contribution is 0.191. The Labute approximate surface area is 115 Å². The molecule has 0 fully saturated rings. The fourth-order valence-corrected chi connectivity index (χ4v) is 2.16. The number of halogens is 1. The molecule has 3 nitrogen and oxygen atoms in total. The van der Waals surface area contributed by atoms with E-state index in [0.717, 1.165) is 21.3 Å². The maximum absolute atomic E-state index is 10.1. The van der Waals surface area contributed by atoms with E-state index in [0.29, 0.717) is 6.54 Å². The molecule has 0 amide bonds. The van der Waals surface area contributed by atoms with Gasteiger partial charge in [0.15, 0.2) is 0 Å². The minimum Gasteiger partial charge on any atom is -0.387 e. The quantitative estimate of drug-likeness (QED) is 0.911. The molecule has 0 aliphatic carbocycles. The Morgan fingerprint density at radius 2 is 2.11 bits per heavy atom. The highest BCUT2D eigenvalue weighted by Gasteiger charge is 2.09. The maximum atomic E-state index is 10.1. The molecule has 94 valence electrons. The van der Waals surface area contributed by atoms with Gasteiger partial charge in [0.25, 0.3) is 0 Å². The van der Waals surface area contributed by atoms with Gasteiger partial charge in [-0.15, -0.1) is 0 Å². The first-order valence-electron chi connectivity index (χ1n) is 5.75. The third-order valence-electron chi connectivity index (χ3n) is 2.75. The molecule has 0 spiro atoms. The van der Waals surface area contributed by atoms with Gasteiger partial charge >= 0.3 is 0 Å². The van der Waals surface area contributed by atoms with Gasteiger partial charge in [0.05, 0.1) is 18.0 Å². The number of pyridine rings is 1. The van der Waals surface area contributed by atoms with Crippen LogP contribution >= 0.6 is 15.9 Å². The van der Waals surface area contributed by atoms with Gasteiger partial charge in [-0.2, -0.15) is 0 Å². The largest absolute Gasteiger partial charge is 0.387 e. The summed E-state index contributed by atoms with van der Waals surface area (Å²) >= 11 is 3.36. The van der Waals surface area contributed by atoms with E-state index < -0.39 is 6.10 Å². The molecule has 4 heteroatoms. The van der Waals surface area contributed by atoms with Crippen molar-refractivity contribution in [3.05, 3.63) is 58.3 Å². The van der Waals surface area contributed by atoms with E-state index >= 15 is 0 Å². The Morgan fingerprint density at radius 3 is 2.83 bits per heavy atom. The molecule has 1 aromatic heterocycles. The smallest absolute Gasteiger partial charge is 0.0964 e. The van der Waals surface area contributed by atoms with Gasteiger partial charge in [-0.3, -0.25) is 4.98 Å². The van der Waals surface area contributed by atoms with E-state index in [2.05, 4.69) is 26.2 Å². The van der Waals surface area contributed by atoms with Crippen molar-refractivity contribution >= 4 is 21.6 Å². The molecule has 2 rings (SSSR count). The van der Waals surface area contributed by atoms with Gasteiger partial charge in [0.2, 0.25) is 0 Å². The molecule has 1 atom stereocenters. The summed E-state index contributed by atoms with van der Waals surface area (Å²) in [6, 6.07) is 9.78. The molecule has 0 bridgehead atoms. The monoisotopic (exact) mass is 306 g/mol. The summed E-state index contributed by atoms with van der Waals surface area (Å²) < 4.78 is 0.915. The number of rotatable bonds is 4. The Morgan fingerprint density at radius 1 is 1.33 bits per heavy atom. The van der Waals surface area contributed by atoms with Crippen LogP contribution in [0.4, 0.5) is 5.69 Å². The highest BCUT2D eigenvalue weighted by atomic mass is 79.9. The number of hydrogen-bond acceptors (Lipinski definition) is 3. The number of aromatic nitrogens is 1. The lowest BCUT2D eigenvalue weighted by Gasteiger charge is -2.15. The average Bonchev–Trinajstić information content (AvgIpc) is 2.37. The van der Waals surface area contributed by atoms with Gasteiger partial charge in [0.1, 0.15) is 0 Å². The number of benzene rings is 1. The van der Waals surface area contributed by atoms with Gasteiger partial charge in [-0.05, 0) is 40.0 Å². The van der Waals surface area contributed by atoms with Crippen LogP contribution in [0.25, 0.3) is 0 Å². The second kappa shape index (κ2) is 5.98. The third kappa shape index (κ3) is 3.31. The highest BCUT2D eigenvalue weighted by molar-refractivity contribution is 9.10. The highest BCUT2D eigenvalue weighted by Crippen LogP contribution is 2.19. The number of nitrogens with zero attached hydrogens (tertiary/aromatic N) is 1. The van der Waals surface area contributed by atoms with Crippen LogP contribution in [0.2, 0.25) is 0 Å². The molecule has 1 aromatic carbocycles. The van der Waals surface area contributed by atoms with Gasteiger partial charge in [0, 0.05) is 17.2 Å². The molecule has 0 aliphatic heterocycles. The van der Waals surface area contributed by atoms with E-state index in [9.17, 15) is 5.11 Å². The fraction of sp³-hybridized carbons (Fsp3) is 0.214. The number of aliphatic hydroxyl groups excluding tert-OH is 1. The van der Waals surface area contributed by atoms with Crippen LogP contribution < -0.4 is 5.32 Å². The molecule has 1 heterocycles. The first-order chi connectivity index (χ1) is 8.66. The van der Waals surface area contributed by atoms with Crippen LogP contribution in [0.1, 0.15) is 17.2 Å². The zero-order valence-electron chi connectivity index (χ0n) is 10.1. The van der Waals surface area contributed by atoms with Crippen molar-refractivity contribution < 1.29 is 5.11 Å². The topological polar surface area (TPSA) is 45.1 Å². The summed E-state index contributed by atoms with van der Waals surface area (Å²) in [7, 11) is 0. The SMILES string of the molecule is Cc1ccccc1C(O)CNc1cncc(Br)c1. The van der Waals surface area contributed by atoms with Crippen molar-refractivity contribution in [2.75, 3.05) is 11.9 Å². The van der Waals surface area contributed by atoms with Crippen LogP contribution in [0, 0.1) is 6.92 Å². The first kappa shape index (κ1) is 13.1. The molecule has 2 aromatic rings. The molecule has 0 saturated carbocycles. The van der Waals surface area contributed by atoms with Crippen molar-refractivity contribution in [3.63, 3.8) is 0 Å². The van der Waals surface area contributed by atoms with Crippen LogP contribution in [-0.4, -0.2) is 16.6 Å². The zero-order valence-corrected chi connectivity index (χ0v) is 11.7. The predicted octanol–water partition coefficient (Wildman–Crippen LogP) is 3.30. The van der Waals surface area contributed by atoms with E-state index in [1.54, 1.807) is 12.4 Å². The lowest BCUT2D eigenvalue weighted by Crippen LogP contribution is -2.13. The Balaban J connectivity index is 2.00. The standard InChI is InChI=1S/C14H15BrN2O/c1-10-4-2-3-5-13(10)14(18)9-17-12-6-11(15)7-16-8-12/h2-8,14,17-18H,9H2,1H3. The molecule has 0 aliphatic rings. The summed E-state index contributed by atoms with van der Waals surface area (Å²) in [5.41, 5.74) is 2.93. The zero-order chi connectivity index (χ0) is 13.0. The van der Waals surface area contributed by atoms with Crippen LogP contribution in [-0.2, 0) is 0 Å². The number of aryl methyl sites for hydroxylation is 1. The molecule has 18 heavy (non-hydrogen) atoms. The minimum absolute atomic E-state index is 0.461. The Hall–Kier alpha value is -1.39. The normalized spacial score (nSPS) is 12.2. The first-order valence-corrected chi connectivity index (χ1v) is 6.54. The summed E-state index contributed by atoms with van der Waals surface area (Å²) in [6.07, 6.45) is 2.93. The fourth-order valence-electron chi connectivity index (χ4n) is 1.79. The molecule has 2 N–H and O–H groups in total. The predicted molar refractivity (Wildman–Crippen MR) is 76.6 cm³/mol. The molecule has 0 saturated heterocycles. The summed E-state index contributed by atoms with van der Waals surface area (Å²) in [5.74, 6) is 0. The van der Waals surface area contributed by atoms with Gasteiger partial charge < -0.3 is 10.4 Å². The summed E-state index contributed by atoms with van der Waals surface area (Å²) in [5, 5.41) is 13.3. The van der Waals surface area contributed by atoms with Crippen molar-refractivity contribution in [3.8, 4) is 0 Å². The second-order valence-electron chi connectivity index (χ2n) is 4.15. The lowest BCUT2D eigenvalue weighted by atomic mass is 10.0.